The molecule has 1 atom stereocenters. The summed E-state index contributed by atoms with van der Waals surface area (Å²) < 4.78 is 5.21. The van der Waals surface area contributed by atoms with Gasteiger partial charge in [-0.25, -0.2) is 4.79 Å². The van der Waals surface area contributed by atoms with Crippen molar-refractivity contribution >= 4 is 11.9 Å². The number of allylic oxidation sites excluding steroid dienone is 2. The Bertz CT molecular complexity index is 659. The summed E-state index contributed by atoms with van der Waals surface area (Å²) in [6, 6.07) is 8.70. The van der Waals surface area contributed by atoms with Crippen LogP contribution < -0.4 is 0 Å². The summed E-state index contributed by atoms with van der Waals surface area (Å²) >= 11 is 0. The van der Waals surface area contributed by atoms with Crippen LogP contribution in [0.15, 0.2) is 53.6 Å². The van der Waals surface area contributed by atoms with Crippen molar-refractivity contribution in [2.75, 3.05) is 6.61 Å². The van der Waals surface area contributed by atoms with E-state index in [1.165, 1.54) is 0 Å². The number of rotatable bonds is 5. The topological polar surface area (TPSA) is 46.6 Å². The summed E-state index contributed by atoms with van der Waals surface area (Å²) in [5, 5.41) is 0. The van der Waals surface area contributed by atoms with Gasteiger partial charge in [0.1, 0.15) is 0 Å². The first kappa shape index (κ1) is 18.0. The van der Waals surface area contributed by atoms with Gasteiger partial charge in [-0.3, -0.25) is 9.69 Å². The number of Topliss-reactive ketones (excluding diaryl/α,β-unsaturated/α-hetero) is 1. The molecule has 24 heavy (non-hydrogen) atoms. The predicted molar refractivity (Wildman–Crippen MR) is 95.0 cm³/mol. The van der Waals surface area contributed by atoms with Gasteiger partial charge >= 0.3 is 6.09 Å². The molecule has 128 valence electrons. The molecular formula is C20H25NO3. The first-order valence-corrected chi connectivity index (χ1v) is 8.37. The zero-order valence-electron chi connectivity index (χ0n) is 14.8. The van der Waals surface area contributed by atoms with Gasteiger partial charge < -0.3 is 4.74 Å². The van der Waals surface area contributed by atoms with Crippen LogP contribution in [0.2, 0.25) is 0 Å². The molecule has 0 aliphatic heterocycles. The van der Waals surface area contributed by atoms with Crippen LogP contribution in [-0.4, -0.2) is 35.5 Å². The fourth-order valence-electron chi connectivity index (χ4n) is 2.88. The number of nitrogens with zero attached hydrogens (tertiary/aromatic N) is 1. The second-order valence-corrected chi connectivity index (χ2v) is 6.22. The Kier molecular flexibility index (Phi) is 5.96. The monoisotopic (exact) mass is 327 g/mol. The minimum Gasteiger partial charge on any atom is -0.450 e. The Hall–Kier alpha value is -2.36. The van der Waals surface area contributed by atoms with E-state index in [1.54, 1.807) is 24.0 Å². The fraction of sp³-hybridized carbons (Fsp3) is 0.400. The van der Waals surface area contributed by atoms with E-state index >= 15 is 0 Å². The number of ketones is 1. The van der Waals surface area contributed by atoms with Crippen molar-refractivity contribution in [1.29, 1.82) is 0 Å². The van der Waals surface area contributed by atoms with Gasteiger partial charge in [0.25, 0.3) is 0 Å². The number of hydrogen-bond donors (Lipinski definition) is 0. The molecule has 1 unspecified atom stereocenters. The van der Waals surface area contributed by atoms with E-state index in [0.717, 1.165) is 12.0 Å². The van der Waals surface area contributed by atoms with Crippen LogP contribution in [-0.2, 0) is 4.74 Å². The fourth-order valence-corrected chi connectivity index (χ4v) is 2.88. The van der Waals surface area contributed by atoms with Crippen molar-refractivity contribution < 1.29 is 14.3 Å². The molecule has 1 aromatic carbocycles. The van der Waals surface area contributed by atoms with E-state index < -0.39 is 12.1 Å². The zero-order chi connectivity index (χ0) is 17.7. The normalized spacial score (nSPS) is 17.1. The van der Waals surface area contributed by atoms with Crippen molar-refractivity contribution in [3.8, 4) is 0 Å². The molecule has 0 bridgehead atoms. The molecule has 2 rings (SSSR count). The molecular weight excluding hydrogens is 302 g/mol. The Morgan fingerprint density at radius 2 is 1.92 bits per heavy atom. The molecule has 1 amide bonds. The van der Waals surface area contributed by atoms with Crippen molar-refractivity contribution in [1.82, 2.24) is 4.90 Å². The number of amides is 1. The average Bonchev–Trinajstić information content (AvgIpc) is 2.55. The minimum atomic E-state index is -0.398. The third-order valence-corrected chi connectivity index (χ3v) is 4.04. The van der Waals surface area contributed by atoms with Gasteiger partial charge in [-0.2, -0.15) is 0 Å². The highest BCUT2D eigenvalue weighted by molar-refractivity contribution is 6.10. The summed E-state index contributed by atoms with van der Waals surface area (Å²) in [7, 11) is 0. The maximum atomic E-state index is 12.9. The molecule has 4 heteroatoms. The van der Waals surface area contributed by atoms with Crippen molar-refractivity contribution in [3.63, 3.8) is 0 Å². The molecule has 0 fully saturated rings. The highest BCUT2D eigenvalue weighted by Gasteiger charge is 2.33. The van der Waals surface area contributed by atoms with Gasteiger partial charge in [-0.1, -0.05) is 48.1 Å². The van der Waals surface area contributed by atoms with Crippen LogP contribution in [0.4, 0.5) is 4.79 Å². The molecule has 4 nitrogen and oxygen atoms in total. The van der Waals surface area contributed by atoms with Gasteiger partial charge in [0.2, 0.25) is 0 Å². The lowest BCUT2D eigenvalue weighted by atomic mass is 9.88. The van der Waals surface area contributed by atoms with Crippen LogP contribution in [0.25, 0.3) is 0 Å². The summed E-state index contributed by atoms with van der Waals surface area (Å²) in [6.45, 7) is 7.96. The number of ether oxygens (including phenoxy) is 1. The lowest BCUT2D eigenvalue weighted by Gasteiger charge is -2.35. The van der Waals surface area contributed by atoms with Gasteiger partial charge in [0.15, 0.2) is 5.78 Å². The first-order chi connectivity index (χ1) is 11.5. The summed E-state index contributed by atoms with van der Waals surface area (Å²) in [5.74, 6) is -0.0423. The van der Waals surface area contributed by atoms with E-state index in [-0.39, 0.29) is 11.8 Å². The molecule has 1 aliphatic carbocycles. The van der Waals surface area contributed by atoms with Crippen molar-refractivity contribution in [2.45, 2.75) is 46.2 Å². The summed E-state index contributed by atoms with van der Waals surface area (Å²) in [5.41, 5.74) is 2.40. The Morgan fingerprint density at radius 3 is 2.50 bits per heavy atom. The lowest BCUT2D eigenvalue weighted by molar-refractivity contribution is 0.0861. The van der Waals surface area contributed by atoms with E-state index in [0.29, 0.717) is 17.7 Å². The van der Waals surface area contributed by atoms with Crippen molar-refractivity contribution in [3.05, 3.63) is 59.2 Å². The second kappa shape index (κ2) is 7.95. The molecule has 1 aliphatic rings. The predicted octanol–water partition coefficient (Wildman–Crippen LogP) is 4.38. The third kappa shape index (κ3) is 3.94. The summed E-state index contributed by atoms with van der Waals surface area (Å²) in [6.07, 6.45) is 4.26. The molecule has 0 heterocycles. The molecule has 0 N–H and O–H groups in total. The highest BCUT2D eigenvalue weighted by atomic mass is 16.6. The lowest BCUT2D eigenvalue weighted by Crippen LogP contribution is -2.47. The van der Waals surface area contributed by atoms with E-state index in [2.05, 4.69) is 0 Å². The Balaban J connectivity index is 2.39. The van der Waals surface area contributed by atoms with Gasteiger partial charge in [0, 0.05) is 17.2 Å². The zero-order valence-corrected chi connectivity index (χ0v) is 14.8. The van der Waals surface area contributed by atoms with Gasteiger partial charge in [0.05, 0.1) is 12.6 Å². The van der Waals surface area contributed by atoms with E-state index in [9.17, 15) is 9.59 Å². The van der Waals surface area contributed by atoms with Crippen molar-refractivity contribution in [2.24, 2.45) is 0 Å². The second-order valence-electron chi connectivity index (χ2n) is 6.22. The molecule has 0 spiro atoms. The number of hydrogen-bond acceptors (Lipinski definition) is 3. The molecule has 0 saturated heterocycles. The Labute approximate surface area is 143 Å². The SMILES string of the molecule is CCOC(=O)N(C(C)C)C1C=C(C)CC=C1C(=O)c1ccccc1. The molecule has 0 saturated carbocycles. The van der Waals surface area contributed by atoms with Crippen LogP contribution >= 0.6 is 0 Å². The van der Waals surface area contributed by atoms with E-state index in [1.807, 2.05) is 51.1 Å². The van der Waals surface area contributed by atoms with Crippen LogP contribution in [0.1, 0.15) is 44.5 Å². The first-order valence-electron chi connectivity index (χ1n) is 8.37. The van der Waals surface area contributed by atoms with Crippen LogP contribution in [0.3, 0.4) is 0 Å². The maximum Gasteiger partial charge on any atom is 0.410 e. The number of benzene rings is 1. The quantitative estimate of drug-likeness (QED) is 0.595. The van der Waals surface area contributed by atoms with Gasteiger partial charge in [-0.05, 0) is 34.1 Å². The molecule has 0 aromatic heterocycles. The maximum absolute atomic E-state index is 12.9. The standard InChI is InChI=1S/C20H25NO3/c1-5-24-20(23)21(14(2)3)18-13-15(4)11-12-17(18)19(22)16-9-7-6-8-10-16/h6-10,12-14,18H,5,11H2,1-4H3. The molecule has 1 aromatic rings. The third-order valence-electron chi connectivity index (χ3n) is 4.04. The van der Waals surface area contributed by atoms with Gasteiger partial charge in [-0.15, -0.1) is 0 Å². The van der Waals surface area contributed by atoms with Crippen LogP contribution in [0, 0.1) is 0 Å². The Morgan fingerprint density at radius 1 is 1.25 bits per heavy atom. The smallest absolute Gasteiger partial charge is 0.410 e. The largest absolute Gasteiger partial charge is 0.450 e. The molecule has 0 radical (unpaired) electrons. The minimum absolute atomic E-state index is 0.0423. The highest BCUT2D eigenvalue weighted by Crippen LogP contribution is 2.27. The summed E-state index contributed by atoms with van der Waals surface area (Å²) in [4.78, 5) is 27.0. The number of carbonyl (C=O) groups is 2. The van der Waals surface area contributed by atoms with E-state index in [4.69, 9.17) is 4.74 Å². The average molecular weight is 327 g/mol. The number of carbonyl (C=O) groups excluding carboxylic acids is 2. The van der Waals surface area contributed by atoms with Crippen LogP contribution in [0.5, 0.6) is 0 Å².